The molecule has 3 N–H and O–H groups in total. The Morgan fingerprint density at radius 1 is 1.30 bits per heavy atom. The molecule has 1 amide bonds. The van der Waals surface area contributed by atoms with Gasteiger partial charge in [-0.3, -0.25) is 4.79 Å². The summed E-state index contributed by atoms with van der Waals surface area (Å²) >= 11 is 0. The van der Waals surface area contributed by atoms with Gasteiger partial charge in [0.25, 0.3) is 5.91 Å². The molecule has 1 heterocycles. The van der Waals surface area contributed by atoms with Crippen molar-refractivity contribution in [3.05, 3.63) is 42.0 Å². The van der Waals surface area contributed by atoms with E-state index in [1.165, 1.54) is 0 Å². The maximum Gasteiger partial charge on any atom is 0.258 e. The van der Waals surface area contributed by atoms with Crippen molar-refractivity contribution in [3.8, 4) is 5.75 Å². The number of nitrogens with one attached hydrogen (secondary N) is 1. The number of carbonyl (C=O) groups excluding carboxylic acids is 1. The van der Waals surface area contributed by atoms with E-state index in [1.807, 2.05) is 18.2 Å². The topological polar surface area (TPSA) is 103 Å². The molecule has 0 unspecified atom stereocenters. The zero-order valence-corrected chi connectivity index (χ0v) is 12.8. The molecule has 7 heteroatoms. The minimum Gasteiger partial charge on any atom is -0.484 e. The summed E-state index contributed by atoms with van der Waals surface area (Å²) in [4.78, 5) is 16.1. The molecule has 1 aromatic heterocycles. The first-order chi connectivity index (χ1) is 11.2. The first kappa shape index (κ1) is 15.5. The molecule has 0 aliphatic heterocycles. The van der Waals surface area contributed by atoms with Crippen molar-refractivity contribution in [2.45, 2.75) is 37.8 Å². The molecule has 0 spiro atoms. The quantitative estimate of drug-likeness (QED) is 0.837. The summed E-state index contributed by atoms with van der Waals surface area (Å²) in [6.07, 6.45) is 3.88. The highest BCUT2D eigenvalue weighted by Gasteiger charge is 2.35. The molecule has 23 heavy (non-hydrogen) atoms. The maximum atomic E-state index is 11.8. The number of carbonyl (C=O) groups is 1. The molecule has 3 rings (SSSR count). The summed E-state index contributed by atoms with van der Waals surface area (Å²) in [6.45, 7) is 0.103. The molecule has 1 saturated carbocycles. The van der Waals surface area contributed by atoms with Gasteiger partial charge in [0.05, 0.1) is 12.1 Å². The second-order valence-corrected chi connectivity index (χ2v) is 5.75. The Morgan fingerprint density at radius 2 is 2.04 bits per heavy atom. The molecule has 122 valence electrons. The molecule has 1 aromatic carbocycles. The fourth-order valence-electron chi connectivity index (χ4n) is 2.65. The summed E-state index contributed by atoms with van der Waals surface area (Å²) in [5.41, 5.74) is 5.79. The first-order valence-electron chi connectivity index (χ1n) is 7.72. The van der Waals surface area contributed by atoms with Crippen molar-refractivity contribution in [1.29, 1.82) is 0 Å². The molecule has 7 nitrogen and oxygen atoms in total. The highest BCUT2D eigenvalue weighted by molar-refractivity contribution is 5.77. The van der Waals surface area contributed by atoms with E-state index < -0.39 is 5.54 Å². The van der Waals surface area contributed by atoms with Gasteiger partial charge in [-0.25, -0.2) is 0 Å². The lowest BCUT2D eigenvalue weighted by atomic mass is 9.99. The number of para-hydroxylation sites is 1. The standard InChI is InChI=1S/C16H20N4O3/c17-16(8-4-5-9-16)15-19-14(23-20-15)10-18-13(21)11-22-12-6-2-1-3-7-12/h1-3,6-7H,4-5,8-11,17H2,(H,18,21). The van der Waals surface area contributed by atoms with Crippen LogP contribution in [0.2, 0.25) is 0 Å². The van der Waals surface area contributed by atoms with Crippen LogP contribution < -0.4 is 15.8 Å². The minimum atomic E-state index is -0.484. The zero-order valence-electron chi connectivity index (χ0n) is 12.8. The fourth-order valence-corrected chi connectivity index (χ4v) is 2.65. The average molecular weight is 316 g/mol. The minimum absolute atomic E-state index is 0.0637. The van der Waals surface area contributed by atoms with Crippen LogP contribution in [-0.4, -0.2) is 22.7 Å². The van der Waals surface area contributed by atoms with Gasteiger partial charge < -0.3 is 20.3 Å². The Morgan fingerprint density at radius 3 is 2.78 bits per heavy atom. The number of nitrogens with zero attached hydrogens (tertiary/aromatic N) is 2. The molecule has 0 bridgehead atoms. The first-order valence-corrected chi connectivity index (χ1v) is 7.72. The monoisotopic (exact) mass is 316 g/mol. The molecular formula is C16H20N4O3. The van der Waals surface area contributed by atoms with Gasteiger partial charge in [-0.15, -0.1) is 0 Å². The number of hydrogen-bond donors (Lipinski definition) is 2. The van der Waals surface area contributed by atoms with Crippen LogP contribution in [0.25, 0.3) is 0 Å². The van der Waals surface area contributed by atoms with E-state index in [0.29, 0.717) is 17.5 Å². The van der Waals surface area contributed by atoms with Crippen molar-refractivity contribution >= 4 is 5.91 Å². The van der Waals surface area contributed by atoms with Crippen LogP contribution in [0.3, 0.4) is 0 Å². The Balaban J connectivity index is 1.47. The van der Waals surface area contributed by atoms with Gasteiger partial charge in [-0.05, 0) is 25.0 Å². The van der Waals surface area contributed by atoms with Crippen LogP contribution in [0, 0.1) is 0 Å². The molecule has 1 fully saturated rings. The highest BCUT2D eigenvalue weighted by Crippen LogP contribution is 2.34. The number of benzene rings is 1. The lowest BCUT2D eigenvalue weighted by Gasteiger charge is -2.17. The Hall–Kier alpha value is -2.41. The van der Waals surface area contributed by atoms with Gasteiger partial charge >= 0.3 is 0 Å². The SMILES string of the molecule is NC1(c2noc(CNC(=O)COc3ccccc3)n2)CCCC1. The van der Waals surface area contributed by atoms with Crippen LogP contribution in [-0.2, 0) is 16.9 Å². The van der Waals surface area contributed by atoms with Gasteiger partial charge in [-0.2, -0.15) is 4.98 Å². The van der Waals surface area contributed by atoms with E-state index in [4.69, 9.17) is 15.0 Å². The van der Waals surface area contributed by atoms with Gasteiger partial charge in [0.1, 0.15) is 5.75 Å². The highest BCUT2D eigenvalue weighted by atomic mass is 16.5. The van der Waals surface area contributed by atoms with Crippen molar-refractivity contribution in [2.24, 2.45) is 5.73 Å². The van der Waals surface area contributed by atoms with Crippen LogP contribution in [0.1, 0.15) is 37.4 Å². The summed E-state index contributed by atoms with van der Waals surface area (Å²) < 4.78 is 10.5. The van der Waals surface area contributed by atoms with E-state index >= 15 is 0 Å². The second kappa shape index (κ2) is 6.78. The van der Waals surface area contributed by atoms with E-state index in [1.54, 1.807) is 12.1 Å². The normalized spacial score (nSPS) is 16.2. The molecule has 2 aromatic rings. The number of nitrogens with two attached hydrogens (primary N) is 1. The van der Waals surface area contributed by atoms with Gasteiger partial charge in [0.15, 0.2) is 12.4 Å². The summed E-state index contributed by atoms with van der Waals surface area (Å²) in [6, 6.07) is 9.16. The third-order valence-corrected chi connectivity index (χ3v) is 3.96. The van der Waals surface area contributed by atoms with E-state index in [9.17, 15) is 4.79 Å². The smallest absolute Gasteiger partial charge is 0.258 e. The Kier molecular flexibility index (Phi) is 4.57. The van der Waals surface area contributed by atoms with E-state index in [2.05, 4.69) is 15.5 Å². The Labute approximate surface area is 134 Å². The third kappa shape index (κ3) is 3.87. The van der Waals surface area contributed by atoms with E-state index in [0.717, 1.165) is 25.7 Å². The van der Waals surface area contributed by atoms with Gasteiger partial charge in [0, 0.05) is 0 Å². The number of aromatic nitrogens is 2. The summed E-state index contributed by atoms with van der Waals surface area (Å²) in [5, 5.41) is 6.63. The van der Waals surface area contributed by atoms with Crippen LogP contribution in [0.15, 0.2) is 34.9 Å². The zero-order chi connectivity index (χ0) is 16.1. The number of rotatable bonds is 6. The van der Waals surface area contributed by atoms with E-state index in [-0.39, 0.29) is 19.1 Å². The van der Waals surface area contributed by atoms with Crippen LogP contribution in [0.4, 0.5) is 0 Å². The average Bonchev–Trinajstić information content (AvgIpc) is 3.22. The lowest BCUT2D eigenvalue weighted by molar-refractivity contribution is -0.123. The van der Waals surface area contributed by atoms with Crippen molar-refractivity contribution in [1.82, 2.24) is 15.5 Å². The molecule has 0 atom stereocenters. The maximum absolute atomic E-state index is 11.8. The van der Waals surface area contributed by atoms with Gasteiger partial charge in [0.2, 0.25) is 5.89 Å². The second-order valence-electron chi connectivity index (χ2n) is 5.75. The van der Waals surface area contributed by atoms with Crippen LogP contribution >= 0.6 is 0 Å². The molecule has 0 saturated heterocycles. The third-order valence-electron chi connectivity index (χ3n) is 3.96. The lowest BCUT2D eigenvalue weighted by Crippen LogP contribution is -2.34. The molecule has 1 aliphatic rings. The van der Waals surface area contributed by atoms with Crippen molar-refractivity contribution in [2.75, 3.05) is 6.61 Å². The number of amides is 1. The largest absolute Gasteiger partial charge is 0.484 e. The fraction of sp³-hybridized carbons (Fsp3) is 0.438. The Bertz CT molecular complexity index is 650. The predicted octanol–water partition coefficient (Wildman–Crippen LogP) is 1.49. The predicted molar refractivity (Wildman–Crippen MR) is 82.4 cm³/mol. The summed E-state index contributed by atoms with van der Waals surface area (Å²) in [7, 11) is 0. The van der Waals surface area contributed by atoms with Crippen LogP contribution in [0.5, 0.6) is 5.75 Å². The number of ether oxygens (including phenoxy) is 1. The summed E-state index contributed by atoms with van der Waals surface area (Å²) in [5.74, 6) is 1.27. The van der Waals surface area contributed by atoms with Crippen molar-refractivity contribution in [3.63, 3.8) is 0 Å². The molecule has 1 aliphatic carbocycles. The molecule has 0 radical (unpaired) electrons. The number of hydrogen-bond acceptors (Lipinski definition) is 6. The molecular weight excluding hydrogens is 296 g/mol. The van der Waals surface area contributed by atoms with Gasteiger partial charge in [-0.1, -0.05) is 36.2 Å². The van der Waals surface area contributed by atoms with Crippen molar-refractivity contribution < 1.29 is 14.1 Å².